The molecule has 0 aromatic carbocycles. The highest BCUT2D eigenvalue weighted by atomic mass is 16.6. The van der Waals surface area contributed by atoms with Crippen LogP contribution >= 0.6 is 0 Å². The van der Waals surface area contributed by atoms with Crippen molar-refractivity contribution in [2.45, 2.75) is 52.9 Å². The van der Waals surface area contributed by atoms with Crippen LogP contribution in [0.4, 0.5) is 4.79 Å². The summed E-state index contributed by atoms with van der Waals surface area (Å²) in [5.74, 6) is 2.13. The molecule has 0 radical (unpaired) electrons. The summed E-state index contributed by atoms with van der Waals surface area (Å²) >= 11 is 0. The normalized spacial score (nSPS) is 22.3. The molecule has 0 saturated carbocycles. The lowest BCUT2D eigenvalue weighted by molar-refractivity contribution is 0.0745. The zero-order chi connectivity index (χ0) is 15.9. The highest BCUT2D eigenvalue weighted by Gasteiger charge is 2.27. The maximum atomic E-state index is 12.0. The Labute approximate surface area is 136 Å². The molecule has 0 N–H and O–H groups in total. The van der Waals surface area contributed by atoms with E-state index in [1.165, 1.54) is 38.9 Å². The van der Waals surface area contributed by atoms with Crippen LogP contribution in [0.15, 0.2) is 0 Å². The molecule has 0 aromatic heterocycles. The summed E-state index contributed by atoms with van der Waals surface area (Å²) in [5.41, 5.74) is 0. The number of hydrogen-bond acceptors (Lipinski definition) is 3. The summed E-state index contributed by atoms with van der Waals surface area (Å²) < 4.78 is 5.33. The van der Waals surface area contributed by atoms with Gasteiger partial charge in [-0.2, -0.15) is 0 Å². The van der Waals surface area contributed by atoms with Crippen molar-refractivity contribution in [3.63, 3.8) is 0 Å². The third-order valence-electron chi connectivity index (χ3n) is 5.23. The second-order valence-corrected chi connectivity index (χ2v) is 7.51. The first-order valence-corrected chi connectivity index (χ1v) is 9.22. The van der Waals surface area contributed by atoms with Crippen molar-refractivity contribution in [3.05, 3.63) is 0 Å². The Balaban J connectivity index is 1.64. The monoisotopic (exact) mass is 310 g/mol. The van der Waals surface area contributed by atoms with E-state index in [0.29, 0.717) is 12.5 Å². The SMILES string of the molecule is CCN1CCC(CC2CCN(C(=O)OCC(C)C)CC2)CC1. The van der Waals surface area contributed by atoms with E-state index in [-0.39, 0.29) is 6.09 Å². The lowest BCUT2D eigenvalue weighted by Gasteiger charge is -2.36. The topological polar surface area (TPSA) is 32.8 Å². The van der Waals surface area contributed by atoms with Crippen LogP contribution in [-0.2, 0) is 4.74 Å². The molecule has 4 heteroatoms. The highest BCUT2D eigenvalue weighted by molar-refractivity contribution is 5.67. The van der Waals surface area contributed by atoms with Crippen molar-refractivity contribution in [2.75, 3.05) is 39.3 Å². The van der Waals surface area contributed by atoms with Crippen molar-refractivity contribution in [1.82, 2.24) is 9.80 Å². The summed E-state index contributed by atoms with van der Waals surface area (Å²) in [6, 6.07) is 0. The number of hydrogen-bond donors (Lipinski definition) is 0. The zero-order valence-corrected chi connectivity index (χ0v) is 14.7. The number of nitrogens with zero attached hydrogens (tertiary/aromatic N) is 2. The fourth-order valence-electron chi connectivity index (χ4n) is 3.69. The molecule has 0 aromatic rings. The van der Waals surface area contributed by atoms with E-state index in [4.69, 9.17) is 4.74 Å². The number of carbonyl (C=O) groups is 1. The summed E-state index contributed by atoms with van der Waals surface area (Å²) in [5, 5.41) is 0. The van der Waals surface area contributed by atoms with Crippen LogP contribution in [0.2, 0.25) is 0 Å². The van der Waals surface area contributed by atoms with Crippen LogP contribution in [-0.4, -0.2) is 55.2 Å². The van der Waals surface area contributed by atoms with E-state index in [1.54, 1.807) is 0 Å². The molecule has 2 fully saturated rings. The maximum Gasteiger partial charge on any atom is 0.409 e. The molecule has 1 amide bonds. The van der Waals surface area contributed by atoms with E-state index in [9.17, 15) is 4.79 Å². The Morgan fingerprint density at radius 2 is 1.59 bits per heavy atom. The van der Waals surface area contributed by atoms with Crippen molar-refractivity contribution in [3.8, 4) is 0 Å². The van der Waals surface area contributed by atoms with Gasteiger partial charge >= 0.3 is 6.09 Å². The van der Waals surface area contributed by atoms with Gasteiger partial charge in [-0.1, -0.05) is 20.8 Å². The number of carbonyl (C=O) groups excluding carboxylic acids is 1. The van der Waals surface area contributed by atoms with Crippen LogP contribution in [0, 0.1) is 17.8 Å². The minimum Gasteiger partial charge on any atom is -0.449 e. The number of amides is 1. The van der Waals surface area contributed by atoms with E-state index in [1.807, 2.05) is 4.90 Å². The smallest absolute Gasteiger partial charge is 0.409 e. The van der Waals surface area contributed by atoms with Gasteiger partial charge in [-0.05, 0) is 69.5 Å². The van der Waals surface area contributed by atoms with Crippen LogP contribution < -0.4 is 0 Å². The van der Waals surface area contributed by atoms with Gasteiger partial charge in [0.15, 0.2) is 0 Å². The maximum absolute atomic E-state index is 12.0. The molecule has 0 aliphatic carbocycles. The second kappa shape index (κ2) is 8.76. The van der Waals surface area contributed by atoms with Crippen LogP contribution in [0.3, 0.4) is 0 Å². The second-order valence-electron chi connectivity index (χ2n) is 7.51. The molecule has 2 aliphatic heterocycles. The minimum absolute atomic E-state index is 0.108. The minimum atomic E-state index is -0.108. The molecule has 0 bridgehead atoms. The van der Waals surface area contributed by atoms with Gasteiger partial charge in [-0.3, -0.25) is 0 Å². The van der Waals surface area contributed by atoms with Crippen LogP contribution in [0.25, 0.3) is 0 Å². The molecule has 0 spiro atoms. The van der Waals surface area contributed by atoms with Crippen LogP contribution in [0.1, 0.15) is 52.9 Å². The van der Waals surface area contributed by atoms with Gasteiger partial charge in [0.25, 0.3) is 0 Å². The van der Waals surface area contributed by atoms with E-state index in [0.717, 1.165) is 37.8 Å². The first kappa shape index (κ1) is 17.6. The molecule has 0 atom stereocenters. The third-order valence-corrected chi connectivity index (χ3v) is 5.23. The number of ether oxygens (including phenoxy) is 1. The molecular formula is C18H34N2O2. The lowest BCUT2D eigenvalue weighted by atomic mass is 9.83. The van der Waals surface area contributed by atoms with Gasteiger partial charge in [-0.25, -0.2) is 4.79 Å². The van der Waals surface area contributed by atoms with Gasteiger partial charge in [0.05, 0.1) is 6.61 Å². The van der Waals surface area contributed by atoms with E-state index < -0.39 is 0 Å². The zero-order valence-electron chi connectivity index (χ0n) is 14.7. The summed E-state index contributed by atoms with van der Waals surface area (Å²) in [6.45, 7) is 12.5. The van der Waals surface area contributed by atoms with Gasteiger partial charge in [-0.15, -0.1) is 0 Å². The average Bonchev–Trinajstić information content (AvgIpc) is 2.54. The van der Waals surface area contributed by atoms with E-state index >= 15 is 0 Å². The van der Waals surface area contributed by atoms with Crippen LogP contribution in [0.5, 0.6) is 0 Å². The Bertz CT molecular complexity index is 330. The number of likely N-dealkylation sites (tertiary alicyclic amines) is 2. The summed E-state index contributed by atoms with van der Waals surface area (Å²) in [4.78, 5) is 16.4. The van der Waals surface area contributed by atoms with Crippen molar-refractivity contribution in [2.24, 2.45) is 17.8 Å². The molecule has 2 rings (SSSR count). The predicted octanol–water partition coefficient (Wildman–Crippen LogP) is 3.61. The molecule has 128 valence electrons. The Morgan fingerprint density at radius 3 is 2.09 bits per heavy atom. The predicted molar refractivity (Wildman–Crippen MR) is 89.9 cm³/mol. The quantitative estimate of drug-likeness (QED) is 0.777. The number of rotatable bonds is 5. The Hall–Kier alpha value is -0.770. The standard InChI is InChI=1S/C18H34N2O2/c1-4-19-9-5-16(6-10-19)13-17-7-11-20(12-8-17)18(21)22-14-15(2)3/h15-17H,4-14H2,1-3H3. The van der Waals surface area contributed by atoms with Gasteiger partial charge in [0.2, 0.25) is 0 Å². The third kappa shape index (κ3) is 5.45. The summed E-state index contributed by atoms with van der Waals surface area (Å²) in [6.07, 6.45) is 6.31. The molecular weight excluding hydrogens is 276 g/mol. The fraction of sp³-hybridized carbons (Fsp3) is 0.944. The summed E-state index contributed by atoms with van der Waals surface area (Å²) in [7, 11) is 0. The van der Waals surface area contributed by atoms with Gasteiger partial charge in [0.1, 0.15) is 0 Å². The van der Waals surface area contributed by atoms with E-state index in [2.05, 4.69) is 25.7 Å². The first-order valence-electron chi connectivity index (χ1n) is 9.22. The molecule has 2 saturated heterocycles. The fourth-order valence-corrected chi connectivity index (χ4v) is 3.69. The number of piperidine rings is 2. The van der Waals surface area contributed by atoms with Crippen molar-refractivity contribution < 1.29 is 9.53 Å². The Kier molecular flexibility index (Phi) is 7.00. The van der Waals surface area contributed by atoms with Gasteiger partial charge < -0.3 is 14.5 Å². The highest BCUT2D eigenvalue weighted by Crippen LogP contribution is 2.30. The van der Waals surface area contributed by atoms with Crippen molar-refractivity contribution >= 4 is 6.09 Å². The molecule has 4 nitrogen and oxygen atoms in total. The molecule has 22 heavy (non-hydrogen) atoms. The lowest BCUT2D eigenvalue weighted by Crippen LogP contribution is -2.40. The molecule has 0 unspecified atom stereocenters. The molecule has 2 aliphatic rings. The average molecular weight is 310 g/mol. The van der Waals surface area contributed by atoms with Crippen molar-refractivity contribution in [1.29, 1.82) is 0 Å². The first-order chi connectivity index (χ1) is 10.6. The molecule has 2 heterocycles. The Morgan fingerprint density at radius 1 is 1.05 bits per heavy atom. The van der Waals surface area contributed by atoms with Gasteiger partial charge in [0, 0.05) is 13.1 Å². The largest absolute Gasteiger partial charge is 0.449 e.